The van der Waals surface area contributed by atoms with Gasteiger partial charge >= 0.3 is 0 Å². The fourth-order valence-electron chi connectivity index (χ4n) is 2.29. The molecular weight excluding hydrogens is 240 g/mol. The Morgan fingerprint density at radius 1 is 1.26 bits per heavy atom. The third kappa shape index (κ3) is 5.83. The Kier molecular flexibility index (Phi) is 6.50. The fraction of sp³-hybridized carbons (Fsp3) is 0.600. The van der Waals surface area contributed by atoms with Crippen LogP contribution in [-0.4, -0.2) is 18.0 Å². The molecule has 0 bridgehead atoms. The number of hydrogen-bond acceptors (Lipinski definition) is 3. The smallest absolute Gasteiger partial charge is 0.269 e. The summed E-state index contributed by atoms with van der Waals surface area (Å²) in [7, 11) is 2.01. The van der Waals surface area contributed by atoms with Crippen LogP contribution in [-0.2, 0) is 6.42 Å². The van der Waals surface area contributed by atoms with Gasteiger partial charge in [-0.3, -0.25) is 10.1 Å². The van der Waals surface area contributed by atoms with Crippen LogP contribution in [0.5, 0.6) is 0 Å². The lowest BCUT2D eigenvalue weighted by molar-refractivity contribution is -0.384. The maximum atomic E-state index is 10.6. The van der Waals surface area contributed by atoms with Crippen molar-refractivity contribution in [1.29, 1.82) is 0 Å². The van der Waals surface area contributed by atoms with Gasteiger partial charge < -0.3 is 5.32 Å². The average molecular weight is 264 g/mol. The SMILES string of the molecule is CNC(CCCc1ccc([N+](=O)[O-])cc1)CC(C)C. The molecule has 0 amide bonds. The first-order valence-electron chi connectivity index (χ1n) is 6.93. The lowest BCUT2D eigenvalue weighted by Crippen LogP contribution is -2.26. The summed E-state index contributed by atoms with van der Waals surface area (Å²) in [6.45, 7) is 4.47. The predicted octanol–water partition coefficient (Wildman–Crippen LogP) is 3.55. The van der Waals surface area contributed by atoms with Crippen LogP contribution in [0.15, 0.2) is 24.3 Å². The Balaban J connectivity index is 2.37. The second kappa shape index (κ2) is 7.89. The van der Waals surface area contributed by atoms with Gasteiger partial charge in [-0.2, -0.15) is 0 Å². The molecule has 106 valence electrons. The highest BCUT2D eigenvalue weighted by Crippen LogP contribution is 2.15. The van der Waals surface area contributed by atoms with E-state index in [0.717, 1.165) is 19.3 Å². The Hall–Kier alpha value is -1.42. The molecule has 1 unspecified atom stereocenters. The molecule has 0 saturated heterocycles. The van der Waals surface area contributed by atoms with Crippen LogP contribution in [0.2, 0.25) is 0 Å². The van der Waals surface area contributed by atoms with Crippen molar-refractivity contribution in [1.82, 2.24) is 5.32 Å². The van der Waals surface area contributed by atoms with E-state index in [2.05, 4.69) is 19.2 Å². The number of nitro benzene ring substituents is 1. The number of nitro groups is 1. The predicted molar refractivity (Wildman–Crippen MR) is 78.3 cm³/mol. The minimum atomic E-state index is -0.358. The van der Waals surface area contributed by atoms with Crippen molar-refractivity contribution in [2.45, 2.75) is 45.6 Å². The normalized spacial score (nSPS) is 12.6. The van der Waals surface area contributed by atoms with Crippen LogP contribution >= 0.6 is 0 Å². The number of nitrogens with one attached hydrogen (secondary N) is 1. The average Bonchev–Trinajstić information content (AvgIpc) is 2.37. The van der Waals surface area contributed by atoms with E-state index in [1.165, 1.54) is 12.0 Å². The van der Waals surface area contributed by atoms with E-state index >= 15 is 0 Å². The Morgan fingerprint density at radius 3 is 2.37 bits per heavy atom. The van der Waals surface area contributed by atoms with Gasteiger partial charge in [0.15, 0.2) is 0 Å². The van der Waals surface area contributed by atoms with E-state index < -0.39 is 0 Å². The molecule has 0 aromatic heterocycles. The van der Waals surface area contributed by atoms with Gasteiger partial charge in [-0.15, -0.1) is 0 Å². The van der Waals surface area contributed by atoms with Crippen molar-refractivity contribution < 1.29 is 4.92 Å². The van der Waals surface area contributed by atoms with Crippen molar-refractivity contribution in [2.75, 3.05) is 7.05 Å². The summed E-state index contributed by atoms with van der Waals surface area (Å²) < 4.78 is 0. The summed E-state index contributed by atoms with van der Waals surface area (Å²) in [5, 5.41) is 13.9. The maximum Gasteiger partial charge on any atom is 0.269 e. The fourth-order valence-corrected chi connectivity index (χ4v) is 2.29. The molecule has 0 aliphatic heterocycles. The van der Waals surface area contributed by atoms with Crippen LogP contribution in [0.3, 0.4) is 0 Å². The number of aryl methyl sites for hydroxylation is 1. The molecule has 1 N–H and O–H groups in total. The molecule has 19 heavy (non-hydrogen) atoms. The molecule has 0 radical (unpaired) electrons. The van der Waals surface area contributed by atoms with Gasteiger partial charge in [-0.25, -0.2) is 0 Å². The second-order valence-corrected chi connectivity index (χ2v) is 5.43. The Morgan fingerprint density at radius 2 is 1.89 bits per heavy atom. The monoisotopic (exact) mass is 264 g/mol. The molecular formula is C15H24N2O2. The van der Waals surface area contributed by atoms with E-state index in [9.17, 15) is 10.1 Å². The number of nitrogens with zero attached hydrogens (tertiary/aromatic N) is 1. The summed E-state index contributed by atoms with van der Waals surface area (Å²) in [5.41, 5.74) is 1.33. The first kappa shape index (κ1) is 15.6. The van der Waals surface area contributed by atoms with Gasteiger partial charge in [0.05, 0.1) is 4.92 Å². The Bertz CT molecular complexity index is 388. The van der Waals surface area contributed by atoms with Crippen LogP contribution in [0, 0.1) is 16.0 Å². The van der Waals surface area contributed by atoms with E-state index in [1.807, 2.05) is 19.2 Å². The lowest BCUT2D eigenvalue weighted by Gasteiger charge is -2.18. The number of benzene rings is 1. The quantitative estimate of drug-likeness (QED) is 0.577. The van der Waals surface area contributed by atoms with Gasteiger partial charge in [0.2, 0.25) is 0 Å². The molecule has 0 aliphatic rings. The highest BCUT2D eigenvalue weighted by atomic mass is 16.6. The number of rotatable bonds is 8. The van der Waals surface area contributed by atoms with Crippen LogP contribution in [0.4, 0.5) is 5.69 Å². The molecule has 0 heterocycles. The van der Waals surface area contributed by atoms with Crippen molar-refractivity contribution in [2.24, 2.45) is 5.92 Å². The molecule has 1 atom stereocenters. The second-order valence-electron chi connectivity index (χ2n) is 5.43. The van der Waals surface area contributed by atoms with Crippen molar-refractivity contribution in [3.05, 3.63) is 39.9 Å². The van der Waals surface area contributed by atoms with Crippen molar-refractivity contribution in [3.8, 4) is 0 Å². The summed E-state index contributed by atoms with van der Waals surface area (Å²) in [5.74, 6) is 0.705. The molecule has 4 heteroatoms. The highest BCUT2D eigenvalue weighted by Gasteiger charge is 2.09. The molecule has 4 nitrogen and oxygen atoms in total. The first-order valence-corrected chi connectivity index (χ1v) is 6.93. The van der Waals surface area contributed by atoms with E-state index in [1.54, 1.807) is 12.1 Å². The summed E-state index contributed by atoms with van der Waals surface area (Å²) in [4.78, 5) is 10.2. The maximum absolute atomic E-state index is 10.6. The van der Waals surface area contributed by atoms with Gasteiger partial charge in [0.1, 0.15) is 0 Å². The molecule has 1 aromatic carbocycles. The first-order chi connectivity index (χ1) is 9.02. The molecule has 0 aliphatic carbocycles. The van der Waals surface area contributed by atoms with Gasteiger partial charge in [0.25, 0.3) is 5.69 Å². The van der Waals surface area contributed by atoms with Crippen molar-refractivity contribution >= 4 is 5.69 Å². The minimum absolute atomic E-state index is 0.164. The number of hydrogen-bond donors (Lipinski definition) is 1. The minimum Gasteiger partial charge on any atom is -0.317 e. The van der Waals surface area contributed by atoms with Crippen molar-refractivity contribution in [3.63, 3.8) is 0 Å². The van der Waals surface area contributed by atoms with Gasteiger partial charge in [-0.1, -0.05) is 26.0 Å². The topological polar surface area (TPSA) is 55.2 Å². The largest absolute Gasteiger partial charge is 0.317 e. The standard InChI is InChI=1S/C15H24N2O2/c1-12(2)11-14(16-3)6-4-5-13-7-9-15(10-8-13)17(18)19/h7-10,12,14,16H,4-6,11H2,1-3H3. The van der Waals surface area contributed by atoms with Gasteiger partial charge in [-0.05, 0) is 44.2 Å². The van der Waals surface area contributed by atoms with E-state index in [0.29, 0.717) is 12.0 Å². The van der Waals surface area contributed by atoms with Gasteiger partial charge in [0, 0.05) is 18.2 Å². The zero-order chi connectivity index (χ0) is 14.3. The molecule has 1 aromatic rings. The van der Waals surface area contributed by atoms with Crippen LogP contribution in [0.1, 0.15) is 38.7 Å². The zero-order valence-corrected chi connectivity index (χ0v) is 12.1. The third-order valence-electron chi connectivity index (χ3n) is 3.33. The Labute approximate surface area is 115 Å². The zero-order valence-electron chi connectivity index (χ0n) is 12.1. The molecule has 0 fully saturated rings. The highest BCUT2D eigenvalue weighted by molar-refractivity contribution is 5.32. The third-order valence-corrected chi connectivity index (χ3v) is 3.33. The molecule has 1 rings (SSSR count). The lowest BCUT2D eigenvalue weighted by atomic mass is 9.97. The van der Waals surface area contributed by atoms with Crippen LogP contribution < -0.4 is 5.32 Å². The van der Waals surface area contributed by atoms with E-state index in [4.69, 9.17) is 0 Å². The summed E-state index contributed by atoms with van der Waals surface area (Å²) in [6.07, 6.45) is 4.42. The number of non-ortho nitro benzene ring substituents is 1. The molecule has 0 spiro atoms. The van der Waals surface area contributed by atoms with Crippen LogP contribution in [0.25, 0.3) is 0 Å². The summed E-state index contributed by atoms with van der Waals surface area (Å²) >= 11 is 0. The molecule has 0 saturated carbocycles. The van der Waals surface area contributed by atoms with E-state index in [-0.39, 0.29) is 10.6 Å². The summed E-state index contributed by atoms with van der Waals surface area (Å²) in [6, 6.07) is 7.44.